The van der Waals surface area contributed by atoms with Crippen LogP contribution in [0.15, 0.2) is 42.5 Å². The van der Waals surface area contributed by atoms with E-state index in [0.717, 1.165) is 0 Å². The number of hydrogen-bond acceptors (Lipinski definition) is 4. The number of carbonyl (C=O) groups excluding carboxylic acids is 2. The summed E-state index contributed by atoms with van der Waals surface area (Å²) in [4.78, 5) is 23.4. The van der Waals surface area contributed by atoms with Gasteiger partial charge in [0, 0.05) is 5.69 Å². The Labute approximate surface area is 126 Å². The van der Waals surface area contributed by atoms with Crippen molar-refractivity contribution in [2.24, 2.45) is 0 Å². The monoisotopic (exact) mass is 303 g/mol. The van der Waals surface area contributed by atoms with Gasteiger partial charge in [0.1, 0.15) is 11.6 Å². The molecule has 0 spiro atoms. The van der Waals surface area contributed by atoms with Gasteiger partial charge in [-0.15, -0.1) is 0 Å². The lowest BCUT2D eigenvalue weighted by Crippen LogP contribution is -2.21. The lowest BCUT2D eigenvalue weighted by molar-refractivity contribution is -0.119. The molecular weight excluding hydrogens is 289 g/mol. The molecule has 2 rings (SSSR count). The van der Waals surface area contributed by atoms with Crippen LogP contribution in [0.3, 0.4) is 0 Å². The molecule has 0 saturated carbocycles. The highest BCUT2D eigenvalue weighted by Crippen LogP contribution is 2.16. The molecule has 0 radical (unpaired) electrons. The van der Waals surface area contributed by atoms with E-state index in [1.54, 1.807) is 6.92 Å². The molecule has 6 heteroatoms. The number of aromatic hydroxyl groups is 1. The largest absolute Gasteiger partial charge is 0.508 e. The van der Waals surface area contributed by atoms with E-state index in [-0.39, 0.29) is 11.3 Å². The number of nitrogens with one attached hydrogen (secondary N) is 1. The predicted octanol–water partition coefficient (Wildman–Crippen LogP) is 2.64. The van der Waals surface area contributed by atoms with Gasteiger partial charge in [-0.3, -0.25) is 4.79 Å². The second-order valence-electron chi connectivity index (χ2n) is 4.63. The summed E-state index contributed by atoms with van der Waals surface area (Å²) >= 11 is 0. The van der Waals surface area contributed by atoms with Crippen molar-refractivity contribution in [3.8, 4) is 5.75 Å². The number of ether oxygens (including phenoxy) is 1. The molecule has 0 aliphatic carbocycles. The summed E-state index contributed by atoms with van der Waals surface area (Å²) in [5, 5.41) is 11.6. The molecule has 2 N–H and O–H groups in total. The molecule has 0 aromatic heterocycles. The summed E-state index contributed by atoms with van der Waals surface area (Å²) in [5.41, 5.74) is 1.23. The van der Waals surface area contributed by atoms with Crippen LogP contribution in [-0.4, -0.2) is 23.6 Å². The molecule has 2 aromatic rings. The van der Waals surface area contributed by atoms with Crippen LogP contribution in [0.25, 0.3) is 0 Å². The fourth-order valence-electron chi connectivity index (χ4n) is 1.73. The predicted molar refractivity (Wildman–Crippen MR) is 78.2 cm³/mol. The molecule has 22 heavy (non-hydrogen) atoms. The maximum Gasteiger partial charge on any atom is 0.338 e. The molecule has 2 aromatic carbocycles. The number of benzene rings is 2. The molecule has 0 aliphatic rings. The van der Waals surface area contributed by atoms with Gasteiger partial charge >= 0.3 is 5.97 Å². The summed E-state index contributed by atoms with van der Waals surface area (Å²) < 4.78 is 18.0. The standard InChI is InChI=1S/C16H14FNO4/c1-10-2-5-12(17)8-14(10)18-15(20)9-22-16(21)11-3-6-13(19)7-4-11/h2-8,19H,9H2,1H3,(H,18,20). The van der Waals surface area contributed by atoms with Gasteiger partial charge in [0.2, 0.25) is 0 Å². The Morgan fingerprint density at radius 3 is 2.55 bits per heavy atom. The van der Waals surface area contributed by atoms with E-state index in [1.165, 1.54) is 42.5 Å². The zero-order valence-corrected chi connectivity index (χ0v) is 11.8. The van der Waals surface area contributed by atoms with E-state index in [9.17, 15) is 14.0 Å². The highest BCUT2D eigenvalue weighted by Gasteiger charge is 2.11. The third-order valence-corrected chi connectivity index (χ3v) is 2.91. The summed E-state index contributed by atoms with van der Waals surface area (Å²) in [6.07, 6.45) is 0. The van der Waals surface area contributed by atoms with Crippen molar-refractivity contribution in [2.45, 2.75) is 6.92 Å². The van der Waals surface area contributed by atoms with E-state index in [2.05, 4.69) is 5.32 Å². The van der Waals surface area contributed by atoms with Gasteiger partial charge in [-0.2, -0.15) is 0 Å². The van der Waals surface area contributed by atoms with Gasteiger partial charge in [-0.05, 0) is 48.9 Å². The topological polar surface area (TPSA) is 75.6 Å². The average Bonchev–Trinajstić information content (AvgIpc) is 2.49. The molecule has 114 valence electrons. The van der Waals surface area contributed by atoms with Gasteiger partial charge in [0.15, 0.2) is 6.61 Å². The summed E-state index contributed by atoms with van der Waals surface area (Å²) in [7, 11) is 0. The molecule has 1 amide bonds. The first kappa shape index (κ1) is 15.5. The Kier molecular flexibility index (Phi) is 4.73. The van der Waals surface area contributed by atoms with Crippen molar-refractivity contribution in [1.82, 2.24) is 0 Å². The first-order valence-corrected chi connectivity index (χ1v) is 6.48. The smallest absolute Gasteiger partial charge is 0.338 e. The van der Waals surface area contributed by atoms with E-state index < -0.39 is 24.3 Å². The third kappa shape index (κ3) is 4.05. The van der Waals surface area contributed by atoms with E-state index in [4.69, 9.17) is 9.84 Å². The lowest BCUT2D eigenvalue weighted by atomic mass is 10.2. The summed E-state index contributed by atoms with van der Waals surface area (Å²) in [6.45, 7) is 1.23. The Balaban J connectivity index is 1.91. The number of amides is 1. The van der Waals surface area contributed by atoms with Crippen molar-refractivity contribution < 1.29 is 23.8 Å². The Morgan fingerprint density at radius 2 is 1.86 bits per heavy atom. The molecule has 0 aliphatic heterocycles. The third-order valence-electron chi connectivity index (χ3n) is 2.91. The van der Waals surface area contributed by atoms with Crippen LogP contribution in [0.4, 0.5) is 10.1 Å². The van der Waals surface area contributed by atoms with Gasteiger partial charge in [0.05, 0.1) is 5.56 Å². The number of anilines is 1. The zero-order chi connectivity index (χ0) is 16.1. The maximum absolute atomic E-state index is 13.1. The van der Waals surface area contributed by atoms with E-state index in [1.807, 2.05) is 0 Å². The zero-order valence-electron chi connectivity index (χ0n) is 11.8. The molecule has 0 atom stereocenters. The average molecular weight is 303 g/mol. The van der Waals surface area contributed by atoms with Crippen molar-refractivity contribution in [2.75, 3.05) is 11.9 Å². The Hall–Kier alpha value is -2.89. The van der Waals surface area contributed by atoms with E-state index in [0.29, 0.717) is 11.3 Å². The molecule has 0 heterocycles. The van der Waals surface area contributed by atoms with Gasteiger partial charge in [0.25, 0.3) is 5.91 Å². The number of halogens is 1. The normalized spacial score (nSPS) is 10.1. The van der Waals surface area contributed by atoms with Crippen LogP contribution in [-0.2, 0) is 9.53 Å². The van der Waals surface area contributed by atoms with Crippen molar-refractivity contribution in [3.63, 3.8) is 0 Å². The van der Waals surface area contributed by atoms with Gasteiger partial charge in [-0.1, -0.05) is 6.07 Å². The van der Waals surface area contributed by atoms with E-state index >= 15 is 0 Å². The Bertz CT molecular complexity index is 698. The maximum atomic E-state index is 13.1. The number of carbonyl (C=O) groups is 2. The number of aryl methyl sites for hydroxylation is 1. The number of phenolic OH excluding ortho intramolecular Hbond substituents is 1. The number of rotatable bonds is 4. The Morgan fingerprint density at radius 1 is 1.18 bits per heavy atom. The second-order valence-corrected chi connectivity index (χ2v) is 4.63. The molecule has 5 nitrogen and oxygen atoms in total. The van der Waals surface area contributed by atoms with Gasteiger partial charge < -0.3 is 15.2 Å². The minimum Gasteiger partial charge on any atom is -0.508 e. The van der Waals surface area contributed by atoms with Crippen LogP contribution >= 0.6 is 0 Å². The van der Waals surface area contributed by atoms with Crippen molar-refractivity contribution in [3.05, 3.63) is 59.4 Å². The number of hydrogen-bond donors (Lipinski definition) is 2. The number of esters is 1. The quantitative estimate of drug-likeness (QED) is 0.851. The van der Waals surface area contributed by atoms with Crippen LogP contribution in [0.5, 0.6) is 5.75 Å². The number of phenols is 1. The molecule has 0 unspecified atom stereocenters. The summed E-state index contributed by atoms with van der Waals surface area (Å²) in [6, 6.07) is 9.45. The fraction of sp³-hybridized carbons (Fsp3) is 0.125. The lowest BCUT2D eigenvalue weighted by Gasteiger charge is -2.09. The summed E-state index contributed by atoms with van der Waals surface area (Å²) in [5.74, 6) is -1.70. The first-order chi connectivity index (χ1) is 10.5. The van der Waals surface area contributed by atoms with Crippen LogP contribution in [0, 0.1) is 12.7 Å². The molecule has 0 saturated heterocycles. The first-order valence-electron chi connectivity index (χ1n) is 6.48. The minimum absolute atomic E-state index is 0.0240. The van der Waals surface area contributed by atoms with Crippen molar-refractivity contribution >= 4 is 17.6 Å². The highest BCUT2D eigenvalue weighted by atomic mass is 19.1. The minimum atomic E-state index is -0.689. The van der Waals surface area contributed by atoms with Gasteiger partial charge in [-0.25, -0.2) is 9.18 Å². The molecule has 0 fully saturated rings. The second kappa shape index (κ2) is 6.71. The molecule has 0 bridgehead atoms. The fourth-order valence-corrected chi connectivity index (χ4v) is 1.73. The van der Waals surface area contributed by atoms with Crippen LogP contribution in [0.1, 0.15) is 15.9 Å². The van der Waals surface area contributed by atoms with Crippen molar-refractivity contribution in [1.29, 1.82) is 0 Å². The van der Waals surface area contributed by atoms with Crippen LogP contribution < -0.4 is 5.32 Å². The molecular formula is C16H14FNO4. The SMILES string of the molecule is Cc1ccc(F)cc1NC(=O)COC(=O)c1ccc(O)cc1. The van der Waals surface area contributed by atoms with Crippen LogP contribution in [0.2, 0.25) is 0 Å². The highest BCUT2D eigenvalue weighted by molar-refractivity contribution is 5.95.